The minimum atomic E-state index is -1.02. The molecule has 0 saturated carbocycles. The molecule has 0 unspecified atom stereocenters. The van der Waals surface area contributed by atoms with Crippen molar-refractivity contribution in [2.45, 2.75) is 32.1 Å². The van der Waals surface area contributed by atoms with Gasteiger partial charge in [-0.2, -0.15) is 9.97 Å². The van der Waals surface area contributed by atoms with Crippen LogP contribution in [0.5, 0.6) is 28.7 Å². The fraction of sp³-hybridized carbons (Fsp3) is 0.104. The van der Waals surface area contributed by atoms with Gasteiger partial charge in [0.05, 0.1) is 22.1 Å². The summed E-state index contributed by atoms with van der Waals surface area (Å²) >= 11 is 0. The number of hydrogen-bond acceptors (Lipinski definition) is 8. The molecule has 5 N–H and O–H groups in total. The molecular formula is C48H35N5O5. The summed E-state index contributed by atoms with van der Waals surface area (Å²) in [6, 6.07) is 37.9. The highest BCUT2D eigenvalue weighted by atomic mass is 16.4. The lowest BCUT2D eigenvalue weighted by molar-refractivity contribution is 0.327. The molecule has 10 nitrogen and oxygen atoms in total. The van der Waals surface area contributed by atoms with Gasteiger partial charge >= 0.3 is 0 Å². The third-order valence-electron chi connectivity index (χ3n) is 12.1. The molecular weight excluding hydrogens is 727 g/mol. The zero-order valence-electron chi connectivity index (χ0n) is 31.4. The summed E-state index contributed by atoms with van der Waals surface area (Å²) in [5.41, 5.74) is 9.65. The van der Waals surface area contributed by atoms with E-state index < -0.39 is 28.7 Å². The van der Waals surface area contributed by atoms with Gasteiger partial charge in [-0.3, -0.25) is 4.57 Å². The van der Waals surface area contributed by atoms with Gasteiger partial charge in [-0.25, -0.2) is 4.98 Å². The van der Waals surface area contributed by atoms with Crippen LogP contribution in [0.1, 0.15) is 43.6 Å². The van der Waals surface area contributed by atoms with E-state index in [9.17, 15) is 25.5 Å². The van der Waals surface area contributed by atoms with Crippen LogP contribution >= 0.6 is 0 Å². The maximum atomic E-state index is 11.2. The molecule has 6 aromatic carbocycles. The Bertz CT molecular complexity index is 3290. The molecule has 58 heavy (non-hydrogen) atoms. The lowest BCUT2D eigenvalue weighted by Gasteiger charge is -2.26. The molecule has 0 fully saturated rings. The molecule has 0 aliphatic heterocycles. The smallest absolute Gasteiger partial charge is 0.238 e. The number of phenols is 5. The molecule has 0 spiro atoms. The average molecular weight is 762 g/mol. The number of para-hydroxylation sites is 2. The Hall–Kier alpha value is -7.59. The van der Waals surface area contributed by atoms with Gasteiger partial charge in [0.2, 0.25) is 23.2 Å². The average Bonchev–Trinajstić information content (AvgIpc) is 3.85. The van der Waals surface area contributed by atoms with E-state index in [4.69, 9.17) is 15.0 Å². The Morgan fingerprint density at radius 1 is 0.517 bits per heavy atom. The first-order valence-corrected chi connectivity index (χ1v) is 19.1. The molecule has 9 aromatic rings. The monoisotopic (exact) mass is 761 g/mol. The summed E-state index contributed by atoms with van der Waals surface area (Å²) in [5, 5.41) is 57.1. The minimum absolute atomic E-state index is 0.0641. The number of aromatic nitrogens is 5. The van der Waals surface area contributed by atoms with Crippen LogP contribution in [0.3, 0.4) is 0 Å². The van der Waals surface area contributed by atoms with Crippen LogP contribution in [0.15, 0.2) is 127 Å². The van der Waals surface area contributed by atoms with Crippen LogP contribution in [-0.4, -0.2) is 49.6 Å². The summed E-state index contributed by atoms with van der Waals surface area (Å²) in [6.07, 6.45) is 3.95. The van der Waals surface area contributed by atoms with Gasteiger partial charge in [-0.15, -0.1) is 0 Å². The number of rotatable bonds is 4. The number of fused-ring (bicyclic) bond motifs is 9. The predicted octanol–water partition coefficient (Wildman–Crippen LogP) is 10.2. The van der Waals surface area contributed by atoms with Crippen molar-refractivity contribution in [1.82, 2.24) is 24.1 Å². The van der Waals surface area contributed by atoms with E-state index >= 15 is 0 Å². The number of allylic oxidation sites excluding steroid dienone is 4. The second-order valence-electron chi connectivity index (χ2n) is 15.5. The largest absolute Gasteiger partial charge is 0.503 e. The first kappa shape index (κ1) is 33.7. The zero-order valence-corrected chi connectivity index (χ0v) is 31.4. The number of hydrogen-bond donors (Lipinski definition) is 5. The van der Waals surface area contributed by atoms with Crippen LogP contribution in [0.4, 0.5) is 0 Å². The highest BCUT2D eigenvalue weighted by Crippen LogP contribution is 2.55. The maximum absolute atomic E-state index is 11.2. The first-order valence-electron chi connectivity index (χ1n) is 19.1. The molecule has 2 aliphatic rings. The molecule has 2 aliphatic carbocycles. The lowest BCUT2D eigenvalue weighted by atomic mass is 9.77. The molecule has 0 saturated heterocycles. The molecule has 10 heteroatoms. The van der Waals surface area contributed by atoms with Crippen molar-refractivity contribution < 1.29 is 25.5 Å². The van der Waals surface area contributed by atoms with Gasteiger partial charge in [0.15, 0.2) is 23.1 Å². The predicted molar refractivity (Wildman–Crippen MR) is 226 cm³/mol. The maximum Gasteiger partial charge on any atom is 0.238 e. The van der Waals surface area contributed by atoms with E-state index in [1.165, 1.54) is 22.3 Å². The van der Waals surface area contributed by atoms with Crippen molar-refractivity contribution in [2.75, 3.05) is 0 Å². The Kier molecular flexibility index (Phi) is 6.95. The molecule has 0 bridgehead atoms. The summed E-state index contributed by atoms with van der Waals surface area (Å²) in [6.45, 7) is 4.62. The summed E-state index contributed by atoms with van der Waals surface area (Å²) < 4.78 is 3.64. The van der Waals surface area contributed by atoms with Gasteiger partial charge in [-0.05, 0) is 65.5 Å². The van der Waals surface area contributed by atoms with Crippen molar-refractivity contribution in [3.05, 3.63) is 144 Å². The lowest BCUT2D eigenvalue weighted by Crippen LogP contribution is -2.18. The van der Waals surface area contributed by atoms with Gasteiger partial charge in [0.1, 0.15) is 5.69 Å². The van der Waals surface area contributed by atoms with Crippen LogP contribution in [0, 0.1) is 0 Å². The number of aromatic hydroxyl groups is 5. The molecule has 3 heterocycles. The fourth-order valence-corrected chi connectivity index (χ4v) is 9.40. The Balaban J connectivity index is 1.20. The molecule has 0 amide bonds. The fourth-order valence-electron chi connectivity index (χ4n) is 9.40. The number of phenolic OH excluding ortho intramolecular Hbond substituents is 5. The van der Waals surface area contributed by atoms with Crippen molar-refractivity contribution in [3.63, 3.8) is 0 Å². The molecule has 282 valence electrons. The second-order valence-corrected chi connectivity index (χ2v) is 15.5. The topological polar surface area (TPSA) is 150 Å². The van der Waals surface area contributed by atoms with E-state index in [0.29, 0.717) is 28.6 Å². The van der Waals surface area contributed by atoms with Crippen LogP contribution in [-0.2, 0) is 5.41 Å². The quantitative estimate of drug-likeness (QED) is 0.0879. The van der Waals surface area contributed by atoms with Crippen molar-refractivity contribution in [2.24, 2.45) is 0 Å². The van der Waals surface area contributed by atoms with Gasteiger partial charge < -0.3 is 30.1 Å². The SMILES string of the molecule is CC1(C)C2=C(C=C(c3nc(-c4ccccc4)nc(-n4c5ccccc5c5c6c7ccccc7n(-c7c(O)c(O)c(O)c(O)c7O)c6ccc54)n3)CC2)c2ccccc21. The van der Waals surface area contributed by atoms with E-state index in [-0.39, 0.29) is 11.1 Å². The third kappa shape index (κ3) is 4.51. The normalized spacial score (nSPS) is 14.8. The standard InChI is InChI=1S/C48H35N5O5/c1-48(2)31-17-9-6-14-27(31)30-24-26(20-21-32(30)48)46-49-45(25-12-4-3-5-13-25)50-47(51-46)53-34-19-11-8-16-29(34)38-36(53)23-22-35-37(38)28-15-7-10-18-33(28)52(35)39-40(54)42(56)44(58)43(57)41(39)55/h3-19,22-24,54-58H,20-21H2,1-2H3. The van der Waals surface area contributed by atoms with Crippen molar-refractivity contribution >= 4 is 54.8 Å². The van der Waals surface area contributed by atoms with E-state index in [1.54, 1.807) is 4.57 Å². The second kappa shape index (κ2) is 12.0. The summed E-state index contributed by atoms with van der Waals surface area (Å²) in [4.78, 5) is 15.6. The summed E-state index contributed by atoms with van der Waals surface area (Å²) in [5.74, 6) is -2.87. The van der Waals surface area contributed by atoms with E-state index in [0.717, 1.165) is 56.6 Å². The molecule has 11 rings (SSSR count). The van der Waals surface area contributed by atoms with Crippen molar-refractivity contribution in [3.8, 4) is 51.8 Å². The van der Waals surface area contributed by atoms with Crippen LogP contribution in [0.2, 0.25) is 0 Å². The van der Waals surface area contributed by atoms with Gasteiger partial charge in [0.25, 0.3) is 0 Å². The van der Waals surface area contributed by atoms with Crippen LogP contribution in [0.25, 0.3) is 77.8 Å². The van der Waals surface area contributed by atoms with Gasteiger partial charge in [-0.1, -0.05) is 110 Å². The third-order valence-corrected chi connectivity index (χ3v) is 12.1. The molecule has 0 radical (unpaired) electrons. The van der Waals surface area contributed by atoms with E-state index in [2.05, 4.69) is 48.8 Å². The molecule has 3 aromatic heterocycles. The Labute approximate surface area is 331 Å². The van der Waals surface area contributed by atoms with E-state index in [1.807, 2.05) is 91.0 Å². The Morgan fingerprint density at radius 3 is 1.76 bits per heavy atom. The molecule has 0 atom stereocenters. The first-order chi connectivity index (χ1) is 28.1. The summed E-state index contributed by atoms with van der Waals surface area (Å²) in [7, 11) is 0. The highest BCUT2D eigenvalue weighted by molar-refractivity contribution is 6.29. The van der Waals surface area contributed by atoms with Crippen LogP contribution < -0.4 is 0 Å². The van der Waals surface area contributed by atoms with Crippen molar-refractivity contribution in [1.29, 1.82) is 0 Å². The zero-order chi connectivity index (χ0) is 39.6. The minimum Gasteiger partial charge on any atom is -0.503 e. The number of benzene rings is 6. The number of nitrogens with zero attached hydrogens (tertiary/aromatic N) is 5. The highest BCUT2D eigenvalue weighted by Gasteiger charge is 2.38. The van der Waals surface area contributed by atoms with Gasteiger partial charge in [0, 0.05) is 32.5 Å². The Morgan fingerprint density at radius 2 is 1.07 bits per heavy atom.